The molecule has 1 unspecified atom stereocenters. The first kappa shape index (κ1) is 17.6. The van der Waals surface area contributed by atoms with Crippen LogP contribution in [0.5, 0.6) is 0 Å². The number of hydrogen-bond acceptors (Lipinski definition) is 6. The lowest BCUT2D eigenvalue weighted by Crippen LogP contribution is -2.19. The van der Waals surface area contributed by atoms with Crippen molar-refractivity contribution < 1.29 is 9.21 Å². The molecule has 0 saturated carbocycles. The van der Waals surface area contributed by atoms with Gasteiger partial charge in [0.05, 0.1) is 5.75 Å². The van der Waals surface area contributed by atoms with Crippen molar-refractivity contribution >= 4 is 35.1 Å². The van der Waals surface area contributed by atoms with E-state index in [4.69, 9.17) is 4.42 Å². The van der Waals surface area contributed by atoms with Crippen LogP contribution < -0.4 is 5.32 Å². The Kier molecular flexibility index (Phi) is 6.14. The molecule has 5 nitrogen and oxygen atoms in total. The molecule has 1 amide bonds. The maximum Gasteiger partial charge on any atom is 0.277 e. The second kappa shape index (κ2) is 8.73. The lowest BCUT2D eigenvalue weighted by molar-refractivity contribution is -0.115. The number of carbonyl (C=O) groups is 1. The summed E-state index contributed by atoms with van der Waals surface area (Å²) in [4.78, 5) is 12.8. The highest BCUT2D eigenvalue weighted by atomic mass is 32.2. The largest absolute Gasteiger partial charge is 0.415 e. The monoisotopic (exact) mass is 371 g/mol. The summed E-state index contributed by atoms with van der Waals surface area (Å²) in [6.07, 6.45) is 1.97. The van der Waals surface area contributed by atoms with E-state index in [-0.39, 0.29) is 5.91 Å². The van der Waals surface area contributed by atoms with Crippen LogP contribution in [0.3, 0.4) is 0 Å². The summed E-state index contributed by atoms with van der Waals surface area (Å²) in [6.45, 7) is 0. The highest BCUT2D eigenvalue weighted by molar-refractivity contribution is 8.00. The third kappa shape index (κ3) is 4.87. The van der Waals surface area contributed by atoms with Gasteiger partial charge in [0.2, 0.25) is 11.8 Å². The van der Waals surface area contributed by atoms with E-state index in [1.807, 2.05) is 66.9 Å². The molecule has 0 saturated heterocycles. The van der Waals surface area contributed by atoms with Crippen molar-refractivity contribution in [2.24, 2.45) is 0 Å². The third-order valence-corrected chi connectivity index (χ3v) is 4.94. The molecule has 0 spiro atoms. The van der Waals surface area contributed by atoms with Crippen molar-refractivity contribution in [3.05, 3.63) is 72.1 Å². The van der Waals surface area contributed by atoms with Crippen LogP contribution in [0.2, 0.25) is 0 Å². The minimum absolute atomic E-state index is 0.132. The summed E-state index contributed by atoms with van der Waals surface area (Å²) in [6, 6.07) is 19.0. The summed E-state index contributed by atoms with van der Waals surface area (Å²) in [5.74, 6) is 1.08. The van der Waals surface area contributed by atoms with Gasteiger partial charge in [0, 0.05) is 5.69 Å². The highest BCUT2D eigenvalue weighted by Gasteiger charge is 2.25. The van der Waals surface area contributed by atoms with Gasteiger partial charge in [-0.1, -0.05) is 48.5 Å². The average Bonchev–Trinajstić information content (AvgIpc) is 3.09. The molecule has 128 valence electrons. The summed E-state index contributed by atoms with van der Waals surface area (Å²) >= 11 is 2.86. The van der Waals surface area contributed by atoms with Gasteiger partial charge in [0.1, 0.15) is 5.25 Å². The molecule has 0 aliphatic carbocycles. The average molecular weight is 371 g/mol. The standard InChI is InChI=1S/C18H17N3O2S2/c1-24-12-15-20-21-18(23-15)25-16(13-8-4-2-5-9-13)17(22)19-14-10-6-3-7-11-14/h2-11,16H,12H2,1H3,(H,19,22). The molecular weight excluding hydrogens is 354 g/mol. The van der Waals surface area contributed by atoms with Crippen molar-refractivity contribution in [3.63, 3.8) is 0 Å². The summed E-state index contributed by atoms with van der Waals surface area (Å²) in [7, 11) is 0. The number of carbonyl (C=O) groups excluding carboxylic acids is 1. The van der Waals surface area contributed by atoms with Crippen LogP contribution in [0.4, 0.5) is 5.69 Å². The third-order valence-electron chi connectivity index (χ3n) is 3.32. The number of nitrogens with one attached hydrogen (secondary N) is 1. The number of para-hydroxylation sites is 1. The van der Waals surface area contributed by atoms with E-state index >= 15 is 0 Å². The minimum Gasteiger partial charge on any atom is -0.415 e. The molecule has 0 aliphatic heterocycles. The molecule has 2 aromatic carbocycles. The van der Waals surface area contributed by atoms with Crippen LogP contribution in [0.25, 0.3) is 0 Å². The fraction of sp³-hybridized carbons (Fsp3) is 0.167. The molecule has 0 radical (unpaired) electrons. The van der Waals surface area contributed by atoms with Gasteiger partial charge in [-0.05, 0) is 35.7 Å². The zero-order valence-corrected chi connectivity index (χ0v) is 15.2. The van der Waals surface area contributed by atoms with Crippen LogP contribution in [0, 0.1) is 0 Å². The van der Waals surface area contributed by atoms with E-state index < -0.39 is 5.25 Å². The Hall–Kier alpha value is -2.25. The predicted octanol–water partition coefficient (Wildman–Crippen LogP) is 4.40. The SMILES string of the molecule is CSCc1nnc(SC(C(=O)Nc2ccccc2)c2ccccc2)o1. The zero-order chi connectivity index (χ0) is 17.5. The van der Waals surface area contributed by atoms with Crippen LogP contribution in [0.15, 0.2) is 70.3 Å². The Bertz CT molecular complexity index is 809. The molecule has 1 atom stereocenters. The molecule has 7 heteroatoms. The second-order valence-corrected chi connectivity index (χ2v) is 7.08. The van der Waals surface area contributed by atoms with E-state index in [9.17, 15) is 4.79 Å². The summed E-state index contributed by atoms with van der Waals surface area (Å²) in [5.41, 5.74) is 1.63. The highest BCUT2D eigenvalue weighted by Crippen LogP contribution is 2.35. The minimum atomic E-state index is -0.482. The molecule has 1 aromatic heterocycles. The number of hydrogen-bond donors (Lipinski definition) is 1. The van der Waals surface area contributed by atoms with Gasteiger partial charge < -0.3 is 9.73 Å². The number of aromatic nitrogens is 2. The summed E-state index contributed by atoms with van der Waals surface area (Å²) < 4.78 is 5.62. The Morgan fingerprint density at radius 2 is 1.76 bits per heavy atom. The first-order valence-corrected chi connectivity index (χ1v) is 9.92. The molecule has 3 aromatic rings. The van der Waals surface area contributed by atoms with Crippen LogP contribution in [-0.2, 0) is 10.5 Å². The van der Waals surface area contributed by atoms with E-state index in [1.54, 1.807) is 11.8 Å². The van der Waals surface area contributed by atoms with Gasteiger partial charge in [-0.2, -0.15) is 11.8 Å². The lowest BCUT2D eigenvalue weighted by atomic mass is 10.1. The number of thioether (sulfide) groups is 2. The predicted molar refractivity (Wildman–Crippen MR) is 102 cm³/mol. The number of amides is 1. The second-order valence-electron chi connectivity index (χ2n) is 5.16. The van der Waals surface area contributed by atoms with Gasteiger partial charge in [0.15, 0.2) is 0 Å². The smallest absolute Gasteiger partial charge is 0.277 e. The maximum atomic E-state index is 12.8. The lowest BCUT2D eigenvalue weighted by Gasteiger charge is -2.15. The fourth-order valence-corrected chi connectivity index (χ4v) is 3.46. The van der Waals surface area contributed by atoms with Gasteiger partial charge in [0.25, 0.3) is 5.22 Å². The topological polar surface area (TPSA) is 68.0 Å². The molecule has 0 aliphatic rings. The molecule has 1 N–H and O–H groups in total. The van der Waals surface area contributed by atoms with Gasteiger partial charge in [-0.15, -0.1) is 10.2 Å². The van der Waals surface area contributed by atoms with Crippen LogP contribution in [0.1, 0.15) is 16.7 Å². The molecule has 0 bridgehead atoms. The van der Waals surface area contributed by atoms with Crippen molar-refractivity contribution in [1.29, 1.82) is 0 Å². The van der Waals surface area contributed by atoms with Crippen LogP contribution in [-0.4, -0.2) is 22.4 Å². The first-order chi connectivity index (χ1) is 12.3. The van der Waals surface area contributed by atoms with Crippen molar-refractivity contribution in [2.75, 3.05) is 11.6 Å². The fourth-order valence-electron chi connectivity index (χ4n) is 2.20. The number of anilines is 1. The van der Waals surface area contributed by atoms with E-state index in [0.717, 1.165) is 11.3 Å². The molecule has 3 rings (SSSR count). The van der Waals surface area contributed by atoms with Crippen molar-refractivity contribution in [2.45, 2.75) is 16.2 Å². The van der Waals surface area contributed by atoms with Crippen molar-refractivity contribution in [3.8, 4) is 0 Å². The molecular formula is C18H17N3O2S2. The Morgan fingerprint density at radius 1 is 1.08 bits per heavy atom. The van der Waals surface area contributed by atoms with Gasteiger partial charge >= 0.3 is 0 Å². The van der Waals surface area contributed by atoms with E-state index in [0.29, 0.717) is 16.9 Å². The maximum absolute atomic E-state index is 12.8. The molecule has 25 heavy (non-hydrogen) atoms. The molecule has 1 heterocycles. The number of benzene rings is 2. The van der Waals surface area contributed by atoms with Gasteiger partial charge in [-0.3, -0.25) is 4.79 Å². The normalized spacial score (nSPS) is 11.9. The zero-order valence-electron chi connectivity index (χ0n) is 13.6. The van der Waals surface area contributed by atoms with Crippen molar-refractivity contribution in [1.82, 2.24) is 10.2 Å². The van der Waals surface area contributed by atoms with Crippen LogP contribution >= 0.6 is 23.5 Å². The van der Waals surface area contributed by atoms with Gasteiger partial charge in [-0.25, -0.2) is 0 Å². The van der Waals surface area contributed by atoms with E-state index in [2.05, 4.69) is 15.5 Å². The first-order valence-electron chi connectivity index (χ1n) is 7.65. The Balaban J connectivity index is 1.80. The molecule has 0 fully saturated rings. The summed E-state index contributed by atoms with van der Waals surface area (Å²) in [5, 5.41) is 10.9. The Morgan fingerprint density at radius 3 is 2.44 bits per heavy atom. The quantitative estimate of drug-likeness (QED) is 0.621. The Labute approximate surface area is 154 Å². The number of rotatable bonds is 7. The van der Waals surface area contributed by atoms with E-state index in [1.165, 1.54) is 11.8 Å². The number of nitrogens with zero attached hydrogens (tertiary/aromatic N) is 2.